The summed E-state index contributed by atoms with van der Waals surface area (Å²) in [6.45, 7) is 1.38. The third-order valence-electron chi connectivity index (χ3n) is 8.58. The molecule has 10 N–H and O–H groups in total. The number of carboxylic acids is 2. The number of halogens is 1. The quantitative estimate of drug-likeness (QED) is 0.0465. The van der Waals surface area contributed by atoms with Crippen LogP contribution in [0.3, 0.4) is 0 Å². The largest absolute Gasteiger partial charge is 0.490 e. The van der Waals surface area contributed by atoms with Gasteiger partial charge < -0.3 is 56.7 Å². The number of nitrogen functional groups attached to an aromatic ring is 1. The lowest BCUT2D eigenvalue weighted by molar-refractivity contribution is -0.163. The van der Waals surface area contributed by atoms with E-state index in [1.54, 1.807) is 24.3 Å². The highest BCUT2D eigenvalue weighted by molar-refractivity contribution is 7.98. The molecule has 0 spiro atoms. The summed E-state index contributed by atoms with van der Waals surface area (Å²) in [5.74, 6) is -5.99. The Kier molecular flexibility index (Phi) is 17.3. The number of oxazole rings is 1. The summed E-state index contributed by atoms with van der Waals surface area (Å²) < 4.78 is 22.2. The standard InChI is InChI=1S/C40H40ClN9O12S/c1-19(47-35(55)29(44)11-31(51)52)39(57)61-17-26(62-40(58)20(2)48-36(56)30(45)12-32(53)54)16-59-25-9-5-21(6-10-25)33-27(13-42)34(46)50-38(28(33)14-43)63-18-24-15-60-37(49-24)22-3-7-23(41)8-4-22/h3-10,15,19-20,26,29-30H,11-12,16-18,44-45H2,1-2H3,(H2,46,50)(H,47,55)(H,48,56)(H,51,52)(H,53,54). The van der Waals surface area contributed by atoms with E-state index in [0.29, 0.717) is 27.7 Å². The minimum Gasteiger partial charge on any atom is -0.490 e. The van der Waals surface area contributed by atoms with E-state index in [0.717, 1.165) is 11.8 Å². The Hall–Kier alpha value is -7.24. The Balaban J connectivity index is 1.50. The fraction of sp³-hybridized carbons (Fsp3) is 0.300. The maximum absolute atomic E-state index is 13.0. The SMILES string of the molecule is CC(NC(=O)C(N)CC(=O)O)C(=O)OCC(COc1ccc(-c2c(C#N)c(N)nc(SCc3coc(-c4ccc(Cl)cc4)n3)c2C#N)cc1)OC(=O)C(C)NC(=O)C(N)CC(=O)O. The number of carbonyl (C=O) groups is 6. The van der Waals surface area contributed by atoms with Crippen molar-refractivity contribution in [1.82, 2.24) is 20.6 Å². The van der Waals surface area contributed by atoms with Gasteiger partial charge in [-0.15, -0.1) is 0 Å². The van der Waals surface area contributed by atoms with Gasteiger partial charge in [-0.3, -0.25) is 19.2 Å². The van der Waals surface area contributed by atoms with Crippen molar-refractivity contribution < 1.29 is 57.6 Å². The van der Waals surface area contributed by atoms with Gasteiger partial charge in [0.2, 0.25) is 17.7 Å². The third-order valence-corrected chi connectivity index (χ3v) is 9.84. The molecule has 2 aromatic heterocycles. The Morgan fingerprint density at radius 2 is 1.38 bits per heavy atom. The average molecular weight is 906 g/mol. The number of anilines is 1. The molecule has 4 rings (SSSR count). The second kappa shape index (κ2) is 22.6. The molecule has 23 heteroatoms. The second-order valence-corrected chi connectivity index (χ2v) is 14.9. The Bertz CT molecular complexity index is 2420. The lowest BCUT2D eigenvalue weighted by Gasteiger charge is -2.23. The van der Waals surface area contributed by atoms with Crippen molar-refractivity contribution in [3.63, 3.8) is 0 Å². The first-order valence-electron chi connectivity index (χ1n) is 18.5. The molecule has 21 nitrogen and oxygen atoms in total. The number of esters is 2. The summed E-state index contributed by atoms with van der Waals surface area (Å²) in [6.07, 6.45) is -1.30. The Labute approximate surface area is 367 Å². The number of pyridine rings is 1. The maximum Gasteiger partial charge on any atom is 0.328 e. The van der Waals surface area contributed by atoms with E-state index in [4.69, 9.17) is 57.6 Å². The summed E-state index contributed by atoms with van der Waals surface area (Å²) in [4.78, 5) is 81.0. The number of carbonyl (C=O) groups excluding carboxylic acids is 4. The molecule has 2 amide bonds. The van der Waals surface area contributed by atoms with Crippen molar-refractivity contribution in [3.8, 4) is 40.5 Å². The number of nitriles is 2. The van der Waals surface area contributed by atoms with Crippen LogP contribution in [0.4, 0.5) is 5.82 Å². The van der Waals surface area contributed by atoms with Gasteiger partial charge in [-0.25, -0.2) is 19.6 Å². The van der Waals surface area contributed by atoms with Crippen molar-refractivity contribution in [2.24, 2.45) is 11.5 Å². The smallest absolute Gasteiger partial charge is 0.328 e. The van der Waals surface area contributed by atoms with Gasteiger partial charge in [0.15, 0.2) is 6.10 Å². The zero-order valence-electron chi connectivity index (χ0n) is 33.4. The van der Waals surface area contributed by atoms with Gasteiger partial charge in [0.25, 0.3) is 0 Å². The molecule has 0 saturated carbocycles. The van der Waals surface area contributed by atoms with E-state index in [9.17, 15) is 39.3 Å². The first kappa shape index (κ1) is 48.4. The first-order valence-corrected chi connectivity index (χ1v) is 19.9. The number of nitrogens with one attached hydrogen (secondary N) is 2. The van der Waals surface area contributed by atoms with Crippen LogP contribution in [-0.4, -0.2) is 99.4 Å². The number of hydrogen-bond donors (Lipinski definition) is 7. The molecule has 0 fully saturated rings. The van der Waals surface area contributed by atoms with Gasteiger partial charge >= 0.3 is 23.9 Å². The normalized spacial score (nSPS) is 13.1. The number of benzene rings is 2. The molecule has 0 radical (unpaired) electrons. The number of nitrogens with two attached hydrogens (primary N) is 3. The van der Waals surface area contributed by atoms with Crippen LogP contribution in [0, 0.1) is 22.7 Å². The number of carboxylic acid groups (broad SMARTS) is 2. The molecule has 0 bridgehead atoms. The number of aliphatic carboxylic acids is 2. The van der Waals surface area contributed by atoms with Crippen LogP contribution in [-0.2, 0) is 44.0 Å². The molecule has 330 valence electrons. The molecule has 4 aromatic rings. The van der Waals surface area contributed by atoms with Crippen LogP contribution in [0.1, 0.15) is 43.5 Å². The highest BCUT2D eigenvalue weighted by Crippen LogP contribution is 2.37. The number of rotatable bonds is 21. The predicted octanol–water partition coefficient (Wildman–Crippen LogP) is 2.12. The van der Waals surface area contributed by atoms with E-state index in [2.05, 4.69) is 26.7 Å². The topological polar surface area (TPSA) is 359 Å². The third kappa shape index (κ3) is 13.9. The summed E-state index contributed by atoms with van der Waals surface area (Å²) in [7, 11) is 0. The van der Waals surface area contributed by atoms with Gasteiger partial charge in [0.05, 0.1) is 36.2 Å². The van der Waals surface area contributed by atoms with Crippen LogP contribution in [0.2, 0.25) is 5.02 Å². The first-order chi connectivity index (χ1) is 29.9. The molecule has 0 saturated heterocycles. The van der Waals surface area contributed by atoms with Gasteiger partial charge in [0.1, 0.15) is 65.9 Å². The van der Waals surface area contributed by atoms with Crippen LogP contribution in [0.15, 0.2) is 64.2 Å². The zero-order chi connectivity index (χ0) is 46.4. The van der Waals surface area contributed by atoms with Crippen LogP contribution in [0.5, 0.6) is 5.75 Å². The lowest BCUT2D eigenvalue weighted by atomic mass is 9.97. The second-order valence-electron chi connectivity index (χ2n) is 13.5. The lowest BCUT2D eigenvalue weighted by Crippen LogP contribution is -2.50. The number of aromatic nitrogens is 2. The monoisotopic (exact) mass is 905 g/mol. The van der Waals surface area contributed by atoms with Gasteiger partial charge in [-0.1, -0.05) is 35.5 Å². The van der Waals surface area contributed by atoms with E-state index < -0.39 is 92.0 Å². The number of thioether (sulfide) groups is 1. The molecular weight excluding hydrogens is 866 g/mol. The molecule has 5 unspecified atom stereocenters. The molecular formula is C40H40ClN9O12S. The van der Waals surface area contributed by atoms with E-state index in [-0.39, 0.29) is 39.0 Å². The number of amides is 2. The summed E-state index contributed by atoms with van der Waals surface area (Å²) in [6, 6.07) is 11.5. The minimum atomic E-state index is -1.47. The Morgan fingerprint density at radius 1 is 0.825 bits per heavy atom. The summed E-state index contributed by atoms with van der Waals surface area (Å²) in [5.41, 5.74) is 19.2. The molecule has 0 aliphatic heterocycles. The van der Waals surface area contributed by atoms with Crippen molar-refractivity contribution in [3.05, 3.63) is 76.6 Å². The summed E-state index contributed by atoms with van der Waals surface area (Å²) in [5, 5.41) is 43.4. The molecule has 5 atom stereocenters. The van der Waals surface area contributed by atoms with Crippen molar-refractivity contribution >= 4 is 64.9 Å². The molecule has 63 heavy (non-hydrogen) atoms. The van der Waals surface area contributed by atoms with Crippen LogP contribution < -0.4 is 32.6 Å². The van der Waals surface area contributed by atoms with E-state index in [1.807, 2.05) is 6.07 Å². The molecule has 2 heterocycles. The van der Waals surface area contributed by atoms with Crippen molar-refractivity contribution in [2.45, 2.75) is 67.7 Å². The predicted molar refractivity (Wildman–Crippen MR) is 222 cm³/mol. The highest BCUT2D eigenvalue weighted by Gasteiger charge is 2.28. The Morgan fingerprint density at radius 3 is 1.94 bits per heavy atom. The minimum absolute atomic E-state index is 0.0516. The van der Waals surface area contributed by atoms with E-state index in [1.165, 1.54) is 44.4 Å². The number of hydrogen-bond acceptors (Lipinski definition) is 18. The van der Waals surface area contributed by atoms with Crippen LogP contribution in [0.25, 0.3) is 22.6 Å². The maximum atomic E-state index is 13.0. The zero-order valence-corrected chi connectivity index (χ0v) is 35.0. The van der Waals surface area contributed by atoms with Gasteiger partial charge in [-0.05, 0) is 55.8 Å². The van der Waals surface area contributed by atoms with Crippen molar-refractivity contribution in [2.75, 3.05) is 18.9 Å². The van der Waals surface area contributed by atoms with Gasteiger partial charge in [-0.2, -0.15) is 10.5 Å². The molecule has 0 aliphatic carbocycles. The molecule has 2 aromatic carbocycles. The van der Waals surface area contributed by atoms with Crippen LogP contribution >= 0.6 is 23.4 Å². The molecule has 0 aliphatic rings. The van der Waals surface area contributed by atoms with Crippen molar-refractivity contribution in [1.29, 1.82) is 10.5 Å². The summed E-state index contributed by atoms with van der Waals surface area (Å²) >= 11 is 7.13. The number of nitrogens with zero attached hydrogens (tertiary/aromatic N) is 4. The van der Waals surface area contributed by atoms with E-state index >= 15 is 0 Å². The van der Waals surface area contributed by atoms with Gasteiger partial charge in [0, 0.05) is 21.9 Å². The number of ether oxygens (including phenoxy) is 3. The fourth-order valence-electron chi connectivity index (χ4n) is 5.34. The highest BCUT2D eigenvalue weighted by atomic mass is 35.5. The average Bonchev–Trinajstić information content (AvgIpc) is 3.72. The fourth-order valence-corrected chi connectivity index (χ4v) is 6.34.